The van der Waals surface area contributed by atoms with Crippen LogP contribution in [0.1, 0.15) is 24.5 Å². The Kier molecular flexibility index (Phi) is 8.92. The van der Waals surface area contributed by atoms with Crippen molar-refractivity contribution in [2.45, 2.75) is 32.7 Å². The van der Waals surface area contributed by atoms with Gasteiger partial charge in [-0.25, -0.2) is 9.18 Å². The first-order valence-corrected chi connectivity index (χ1v) is 11.3. The van der Waals surface area contributed by atoms with E-state index < -0.39 is 43.7 Å². The molecule has 31 heavy (non-hydrogen) atoms. The molecular weight excluding hydrogens is 426 g/mol. The number of rotatable bonds is 12. The summed E-state index contributed by atoms with van der Waals surface area (Å²) in [6, 6.07) is 17.8. The molecule has 0 amide bonds. The number of hydrogen-bond acceptors (Lipinski definition) is 6. The number of benzene rings is 2. The summed E-state index contributed by atoms with van der Waals surface area (Å²) in [5.74, 6) is -2.62. The number of carbonyl (C=O) groups excluding carboxylic acids is 1. The van der Waals surface area contributed by atoms with Crippen molar-refractivity contribution in [2.24, 2.45) is 5.41 Å². The minimum atomic E-state index is -3.99. The van der Waals surface area contributed by atoms with Crippen LogP contribution in [-0.4, -0.2) is 36.5 Å². The molecule has 168 valence electrons. The summed E-state index contributed by atoms with van der Waals surface area (Å²) < 4.78 is 43.6. The minimum Gasteiger partial charge on any atom is -0.479 e. The lowest BCUT2D eigenvalue weighted by Crippen LogP contribution is -2.38. The van der Waals surface area contributed by atoms with E-state index in [0.717, 1.165) is 18.2 Å². The standard InChI is InChI=1S/C22H26FO7P/c1-22(21(26)28-2,13-19(23)20(24)25)16-31(27,29-14-17-9-5-3-6-10-17)30-15-18-11-7-4-8-12-18/h3-12,19H,13-16H2,1-2H3,(H,24,25)/t19-,22-/m1/s1. The summed E-state index contributed by atoms with van der Waals surface area (Å²) >= 11 is 0. The number of alkyl halides is 1. The number of ether oxygens (including phenoxy) is 1. The summed E-state index contributed by atoms with van der Waals surface area (Å²) in [6.07, 6.45) is -3.62. The van der Waals surface area contributed by atoms with Gasteiger partial charge in [0.2, 0.25) is 0 Å². The molecule has 2 rings (SSSR count). The summed E-state index contributed by atoms with van der Waals surface area (Å²) in [6.45, 7) is 1.16. The molecule has 0 unspecified atom stereocenters. The van der Waals surface area contributed by atoms with Crippen LogP contribution in [0.5, 0.6) is 0 Å². The van der Waals surface area contributed by atoms with Crippen molar-refractivity contribution >= 4 is 19.5 Å². The maximum Gasteiger partial charge on any atom is 0.338 e. The Labute approximate surface area is 180 Å². The maximum atomic E-state index is 14.0. The minimum absolute atomic E-state index is 0.0673. The fraction of sp³-hybridized carbons (Fsp3) is 0.364. The molecule has 0 bridgehead atoms. The van der Waals surface area contributed by atoms with Crippen LogP contribution in [0.15, 0.2) is 60.7 Å². The molecule has 9 heteroatoms. The first-order chi connectivity index (χ1) is 14.7. The number of esters is 1. The first-order valence-electron chi connectivity index (χ1n) is 9.59. The van der Waals surface area contributed by atoms with Gasteiger partial charge < -0.3 is 18.9 Å². The van der Waals surface area contributed by atoms with E-state index in [9.17, 15) is 18.5 Å². The van der Waals surface area contributed by atoms with Crippen molar-refractivity contribution in [1.82, 2.24) is 0 Å². The Balaban J connectivity index is 2.27. The van der Waals surface area contributed by atoms with Gasteiger partial charge in [-0.15, -0.1) is 0 Å². The molecule has 0 heterocycles. The number of carboxylic acids is 1. The van der Waals surface area contributed by atoms with E-state index >= 15 is 0 Å². The van der Waals surface area contributed by atoms with Gasteiger partial charge in [0.1, 0.15) is 0 Å². The van der Waals surface area contributed by atoms with Crippen molar-refractivity contribution in [2.75, 3.05) is 13.3 Å². The van der Waals surface area contributed by atoms with Crippen LogP contribution in [0.3, 0.4) is 0 Å². The molecule has 0 aliphatic carbocycles. The molecule has 7 nitrogen and oxygen atoms in total. The third kappa shape index (κ3) is 7.58. The molecule has 0 saturated carbocycles. The van der Waals surface area contributed by atoms with Crippen molar-refractivity contribution in [1.29, 1.82) is 0 Å². The average molecular weight is 452 g/mol. The van der Waals surface area contributed by atoms with Gasteiger partial charge in [-0.1, -0.05) is 60.7 Å². The van der Waals surface area contributed by atoms with Gasteiger partial charge in [-0.2, -0.15) is 0 Å². The highest BCUT2D eigenvalue weighted by atomic mass is 31.2. The van der Waals surface area contributed by atoms with Crippen LogP contribution in [0.25, 0.3) is 0 Å². The second-order valence-electron chi connectivity index (χ2n) is 7.35. The highest BCUT2D eigenvalue weighted by molar-refractivity contribution is 7.53. The Bertz CT molecular complexity index is 859. The Morgan fingerprint density at radius 1 is 1.00 bits per heavy atom. The van der Waals surface area contributed by atoms with E-state index in [1.54, 1.807) is 48.5 Å². The smallest absolute Gasteiger partial charge is 0.338 e. The molecule has 0 aliphatic heterocycles. The Morgan fingerprint density at radius 2 is 1.45 bits per heavy atom. The fourth-order valence-electron chi connectivity index (χ4n) is 2.99. The molecule has 0 aromatic heterocycles. The zero-order valence-corrected chi connectivity index (χ0v) is 18.3. The quantitative estimate of drug-likeness (QED) is 0.371. The van der Waals surface area contributed by atoms with Gasteiger partial charge in [0.25, 0.3) is 0 Å². The van der Waals surface area contributed by atoms with E-state index in [1.165, 1.54) is 6.92 Å². The van der Waals surface area contributed by atoms with Crippen LogP contribution < -0.4 is 0 Å². The molecule has 2 atom stereocenters. The van der Waals surface area contributed by atoms with Crippen LogP contribution in [0.2, 0.25) is 0 Å². The van der Waals surface area contributed by atoms with Gasteiger partial charge in [0.05, 0.1) is 31.9 Å². The van der Waals surface area contributed by atoms with Crippen molar-refractivity contribution in [3.05, 3.63) is 71.8 Å². The molecule has 1 N–H and O–H groups in total. The number of aliphatic carboxylic acids is 1. The molecule has 0 aliphatic rings. The van der Waals surface area contributed by atoms with Crippen LogP contribution >= 0.6 is 7.60 Å². The van der Waals surface area contributed by atoms with E-state index in [2.05, 4.69) is 0 Å². The summed E-state index contributed by atoms with van der Waals surface area (Å²) in [5, 5.41) is 8.94. The van der Waals surface area contributed by atoms with Gasteiger partial charge in [-0.05, 0) is 18.1 Å². The third-order valence-corrected chi connectivity index (χ3v) is 6.79. The van der Waals surface area contributed by atoms with Crippen molar-refractivity contribution < 1.29 is 37.4 Å². The monoisotopic (exact) mass is 452 g/mol. The highest BCUT2D eigenvalue weighted by Gasteiger charge is 2.46. The summed E-state index contributed by atoms with van der Waals surface area (Å²) in [4.78, 5) is 23.4. The molecule has 0 radical (unpaired) electrons. The molecular formula is C22H26FO7P. The van der Waals surface area contributed by atoms with Gasteiger partial charge >= 0.3 is 19.5 Å². The van der Waals surface area contributed by atoms with E-state index in [-0.39, 0.29) is 13.2 Å². The lowest BCUT2D eigenvalue weighted by Gasteiger charge is -2.30. The summed E-state index contributed by atoms with van der Waals surface area (Å²) in [5.41, 5.74) is -0.297. The van der Waals surface area contributed by atoms with E-state index in [4.69, 9.17) is 18.9 Å². The number of carboxylic acid groups (broad SMARTS) is 1. The first kappa shape index (κ1) is 24.7. The normalized spacial score (nSPS) is 14.4. The second-order valence-corrected chi connectivity index (χ2v) is 9.40. The molecule has 0 spiro atoms. The largest absolute Gasteiger partial charge is 0.479 e. The number of halogens is 1. The summed E-state index contributed by atoms with van der Waals surface area (Å²) in [7, 11) is -2.89. The maximum absolute atomic E-state index is 14.0. The molecule has 2 aromatic rings. The third-order valence-electron chi connectivity index (χ3n) is 4.66. The zero-order valence-electron chi connectivity index (χ0n) is 17.4. The van der Waals surface area contributed by atoms with E-state index in [0.29, 0.717) is 0 Å². The Morgan fingerprint density at radius 3 is 1.84 bits per heavy atom. The second kappa shape index (κ2) is 11.2. The van der Waals surface area contributed by atoms with Gasteiger partial charge in [0, 0.05) is 6.42 Å². The molecule has 0 fully saturated rings. The topological polar surface area (TPSA) is 99.1 Å². The predicted octanol–water partition coefficient (Wildman–Crippen LogP) is 4.61. The number of hydrogen-bond donors (Lipinski definition) is 1. The van der Waals surface area contributed by atoms with E-state index in [1.807, 2.05) is 12.1 Å². The number of methoxy groups -OCH3 is 1. The van der Waals surface area contributed by atoms with Crippen LogP contribution in [0.4, 0.5) is 4.39 Å². The SMILES string of the molecule is COC(=O)[C@](C)(C[C@@H](F)C(=O)O)CP(=O)(OCc1ccccc1)OCc1ccccc1. The van der Waals surface area contributed by atoms with Gasteiger partial charge in [0.15, 0.2) is 6.17 Å². The van der Waals surface area contributed by atoms with Gasteiger partial charge in [-0.3, -0.25) is 9.36 Å². The van der Waals surface area contributed by atoms with Crippen LogP contribution in [0, 0.1) is 5.41 Å². The molecule has 0 saturated heterocycles. The Hall–Kier alpha value is -2.54. The lowest BCUT2D eigenvalue weighted by atomic mass is 9.87. The zero-order chi connectivity index (χ0) is 22.9. The molecule has 2 aromatic carbocycles. The highest BCUT2D eigenvalue weighted by Crippen LogP contribution is 2.55. The predicted molar refractivity (Wildman–Crippen MR) is 112 cm³/mol. The number of carbonyl (C=O) groups is 2. The van der Waals surface area contributed by atoms with Crippen LogP contribution in [-0.2, 0) is 41.2 Å². The average Bonchev–Trinajstić information content (AvgIpc) is 2.77. The van der Waals surface area contributed by atoms with Crippen molar-refractivity contribution in [3.63, 3.8) is 0 Å². The fourth-order valence-corrected chi connectivity index (χ4v) is 5.05. The van der Waals surface area contributed by atoms with Crippen molar-refractivity contribution in [3.8, 4) is 0 Å². The lowest BCUT2D eigenvalue weighted by molar-refractivity contribution is -0.154.